The zero-order valence-corrected chi connectivity index (χ0v) is 11.2. The standard InChI is InChI=1S/C14H25NO2/c1-9(14(16)17-3)10(2)15-8-13-7-11-4-5-12(13)6-11/h9-13,15H,4-8H2,1-3H3. The van der Waals surface area contributed by atoms with Gasteiger partial charge < -0.3 is 10.1 Å². The molecule has 2 saturated carbocycles. The molecule has 2 rings (SSSR count). The van der Waals surface area contributed by atoms with Crippen LogP contribution < -0.4 is 5.32 Å². The highest BCUT2D eigenvalue weighted by molar-refractivity contribution is 5.72. The number of ether oxygens (including phenoxy) is 1. The topological polar surface area (TPSA) is 38.3 Å². The Hall–Kier alpha value is -0.570. The molecule has 0 aliphatic heterocycles. The molecule has 1 N–H and O–H groups in total. The number of fused-ring (bicyclic) bond motifs is 2. The molecule has 2 fully saturated rings. The van der Waals surface area contributed by atoms with E-state index in [0.717, 1.165) is 24.3 Å². The van der Waals surface area contributed by atoms with Gasteiger partial charge >= 0.3 is 5.97 Å². The molecule has 98 valence electrons. The molecule has 0 aromatic rings. The third kappa shape index (κ3) is 2.82. The average Bonchev–Trinajstić information content (AvgIpc) is 2.95. The Morgan fingerprint density at radius 1 is 1.35 bits per heavy atom. The molecular formula is C14H25NO2. The maximum Gasteiger partial charge on any atom is 0.309 e. The van der Waals surface area contributed by atoms with Crippen molar-refractivity contribution in [3.63, 3.8) is 0 Å². The van der Waals surface area contributed by atoms with Gasteiger partial charge in [0, 0.05) is 6.04 Å². The van der Waals surface area contributed by atoms with E-state index < -0.39 is 0 Å². The molecule has 5 unspecified atom stereocenters. The van der Waals surface area contributed by atoms with Gasteiger partial charge in [-0.25, -0.2) is 0 Å². The van der Waals surface area contributed by atoms with Crippen molar-refractivity contribution in [2.75, 3.05) is 13.7 Å². The van der Waals surface area contributed by atoms with Gasteiger partial charge in [-0.05, 0) is 50.5 Å². The smallest absolute Gasteiger partial charge is 0.309 e. The fourth-order valence-corrected chi connectivity index (χ4v) is 3.53. The van der Waals surface area contributed by atoms with Crippen molar-refractivity contribution in [2.24, 2.45) is 23.7 Å². The van der Waals surface area contributed by atoms with Gasteiger partial charge in [-0.3, -0.25) is 4.79 Å². The number of esters is 1. The summed E-state index contributed by atoms with van der Waals surface area (Å²) in [5, 5.41) is 3.52. The van der Waals surface area contributed by atoms with E-state index in [4.69, 9.17) is 4.74 Å². The largest absolute Gasteiger partial charge is 0.469 e. The number of carbonyl (C=O) groups excluding carboxylic acids is 1. The zero-order valence-electron chi connectivity index (χ0n) is 11.2. The van der Waals surface area contributed by atoms with Crippen LogP contribution in [0.1, 0.15) is 39.5 Å². The van der Waals surface area contributed by atoms with E-state index in [1.807, 2.05) is 6.92 Å². The summed E-state index contributed by atoms with van der Waals surface area (Å²) in [6.45, 7) is 5.09. The number of methoxy groups -OCH3 is 1. The molecule has 3 nitrogen and oxygen atoms in total. The Bertz CT molecular complexity index is 279. The lowest BCUT2D eigenvalue weighted by atomic mass is 9.88. The molecule has 5 atom stereocenters. The first-order chi connectivity index (χ1) is 8.11. The third-order valence-electron chi connectivity index (χ3n) is 4.91. The van der Waals surface area contributed by atoms with E-state index >= 15 is 0 Å². The number of rotatable bonds is 5. The van der Waals surface area contributed by atoms with E-state index in [1.54, 1.807) is 0 Å². The predicted octanol–water partition coefficient (Wildman–Crippen LogP) is 2.21. The Balaban J connectivity index is 1.73. The summed E-state index contributed by atoms with van der Waals surface area (Å²) in [5.74, 6) is 2.63. The van der Waals surface area contributed by atoms with Crippen LogP contribution >= 0.6 is 0 Å². The van der Waals surface area contributed by atoms with Gasteiger partial charge in [-0.2, -0.15) is 0 Å². The Labute approximate surface area is 104 Å². The first kappa shape index (κ1) is 12.9. The lowest BCUT2D eigenvalue weighted by molar-refractivity contribution is -0.145. The molecule has 0 spiro atoms. The van der Waals surface area contributed by atoms with Crippen molar-refractivity contribution in [2.45, 2.75) is 45.6 Å². The van der Waals surface area contributed by atoms with Crippen LogP contribution in [0.3, 0.4) is 0 Å². The van der Waals surface area contributed by atoms with Crippen molar-refractivity contribution < 1.29 is 9.53 Å². The molecule has 0 radical (unpaired) electrons. The second-order valence-electron chi connectivity index (χ2n) is 5.94. The molecule has 0 heterocycles. The maximum atomic E-state index is 11.4. The molecule has 0 aromatic heterocycles. The van der Waals surface area contributed by atoms with Crippen molar-refractivity contribution in [3.8, 4) is 0 Å². The Kier molecular flexibility index (Phi) is 4.08. The first-order valence-electron chi connectivity index (χ1n) is 6.93. The fraction of sp³-hybridized carbons (Fsp3) is 0.929. The van der Waals surface area contributed by atoms with Gasteiger partial charge in [0.05, 0.1) is 13.0 Å². The van der Waals surface area contributed by atoms with E-state index in [0.29, 0.717) is 0 Å². The minimum absolute atomic E-state index is 0.0569. The Morgan fingerprint density at radius 2 is 2.12 bits per heavy atom. The van der Waals surface area contributed by atoms with Crippen LogP contribution in [0.5, 0.6) is 0 Å². The monoisotopic (exact) mass is 239 g/mol. The van der Waals surface area contributed by atoms with Crippen LogP contribution in [0.15, 0.2) is 0 Å². The molecular weight excluding hydrogens is 214 g/mol. The summed E-state index contributed by atoms with van der Waals surface area (Å²) in [6, 6.07) is 0.210. The summed E-state index contributed by atoms with van der Waals surface area (Å²) in [4.78, 5) is 11.4. The van der Waals surface area contributed by atoms with Crippen molar-refractivity contribution >= 4 is 5.97 Å². The molecule has 0 saturated heterocycles. The van der Waals surface area contributed by atoms with Crippen LogP contribution in [-0.2, 0) is 9.53 Å². The van der Waals surface area contributed by atoms with Crippen molar-refractivity contribution in [1.82, 2.24) is 5.32 Å². The van der Waals surface area contributed by atoms with E-state index in [1.165, 1.54) is 32.8 Å². The number of carbonyl (C=O) groups is 1. The quantitative estimate of drug-likeness (QED) is 0.748. The molecule has 2 bridgehead atoms. The predicted molar refractivity (Wildman–Crippen MR) is 67.6 cm³/mol. The van der Waals surface area contributed by atoms with Gasteiger partial charge in [-0.15, -0.1) is 0 Å². The van der Waals surface area contributed by atoms with Gasteiger partial charge in [0.1, 0.15) is 0 Å². The maximum absolute atomic E-state index is 11.4. The van der Waals surface area contributed by atoms with E-state index in [9.17, 15) is 4.79 Å². The summed E-state index contributed by atoms with van der Waals surface area (Å²) in [5.41, 5.74) is 0. The highest BCUT2D eigenvalue weighted by Gasteiger charge is 2.39. The SMILES string of the molecule is COC(=O)C(C)C(C)NCC1CC2CCC1C2. The second-order valence-corrected chi connectivity index (χ2v) is 5.94. The normalized spacial score (nSPS) is 34.6. The Morgan fingerprint density at radius 3 is 2.65 bits per heavy atom. The molecule has 2 aliphatic rings. The third-order valence-corrected chi connectivity index (χ3v) is 4.91. The molecule has 2 aliphatic carbocycles. The van der Waals surface area contributed by atoms with Crippen LogP contribution in [-0.4, -0.2) is 25.7 Å². The summed E-state index contributed by atoms with van der Waals surface area (Å²) in [7, 11) is 1.46. The highest BCUT2D eigenvalue weighted by atomic mass is 16.5. The lowest BCUT2D eigenvalue weighted by Gasteiger charge is -2.26. The van der Waals surface area contributed by atoms with Gasteiger partial charge in [0.25, 0.3) is 0 Å². The van der Waals surface area contributed by atoms with Crippen LogP contribution in [0.25, 0.3) is 0 Å². The number of nitrogens with one attached hydrogen (secondary N) is 1. The van der Waals surface area contributed by atoms with Gasteiger partial charge in [0.15, 0.2) is 0 Å². The second kappa shape index (κ2) is 5.38. The average molecular weight is 239 g/mol. The minimum Gasteiger partial charge on any atom is -0.469 e. The summed E-state index contributed by atoms with van der Waals surface area (Å²) >= 11 is 0. The molecule has 0 aromatic carbocycles. The number of hydrogen-bond acceptors (Lipinski definition) is 3. The molecule has 3 heteroatoms. The van der Waals surface area contributed by atoms with E-state index in [2.05, 4.69) is 12.2 Å². The lowest BCUT2D eigenvalue weighted by Crippen LogP contribution is -2.40. The first-order valence-corrected chi connectivity index (χ1v) is 6.93. The van der Waals surface area contributed by atoms with Crippen molar-refractivity contribution in [3.05, 3.63) is 0 Å². The van der Waals surface area contributed by atoms with Crippen molar-refractivity contribution in [1.29, 1.82) is 0 Å². The summed E-state index contributed by atoms with van der Waals surface area (Å²) < 4.78 is 4.78. The van der Waals surface area contributed by atoms with Crippen LogP contribution in [0.2, 0.25) is 0 Å². The molecule has 0 amide bonds. The van der Waals surface area contributed by atoms with Gasteiger partial charge in [-0.1, -0.05) is 13.3 Å². The highest BCUT2D eigenvalue weighted by Crippen LogP contribution is 2.47. The molecule has 17 heavy (non-hydrogen) atoms. The van der Waals surface area contributed by atoms with Gasteiger partial charge in [0.2, 0.25) is 0 Å². The zero-order chi connectivity index (χ0) is 12.4. The van der Waals surface area contributed by atoms with Crippen LogP contribution in [0.4, 0.5) is 0 Å². The van der Waals surface area contributed by atoms with Crippen LogP contribution in [0, 0.1) is 23.7 Å². The van der Waals surface area contributed by atoms with E-state index in [-0.39, 0.29) is 17.9 Å². The summed E-state index contributed by atoms with van der Waals surface area (Å²) in [6.07, 6.45) is 5.73. The number of hydrogen-bond donors (Lipinski definition) is 1. The fourth-order valence-electron chi connectivity index (χ4n) is 3.53. The minimum atomic E-state index is -0.113.